The summed E-state index contributed by atoms with van der Waals surface area (Å²) in [5, 5.41) is 0. The number of ether oxygens (including phenoxy) is 2. The maximum Gasteiger partial charge on any atom is 0.402 e. The molecule has 0 amide bonds. The number of methoxy groups -OCH3 is 1. The van der Waals surface area contributed by atoms with Crippen molar-refractivity contribution < 1.29 is 22.6 Å². The third kappa shape index (κ3) is 3.40. The number of alkyl halides is 3. The molecule has 0 radical (unpaired) electrons. The second-order valence-electron chi connectivity index (χ2n) is 5.48. The summed E-state index contributed by atoms with van der Waals surface area (Å²) in [6.07, 6.45) is -2.88. The Labute approximate surface area is 139 Å². The van der Waals surface area contributed by atoms with Gasteiger partial charge in [0.2, 0.25) is 0 Å². The lowest BCUT2D eigenvalue weighted by molar-refractivity contribution is -0.173. The molecule has 0 aliphatic heterocycles. The quantitative estimate of drug-likeness (QED) is 0.681. The predicted molar refractivity (Wildman–Crippen MR) is 87.6 cm³/mol. The Morgan fingerprint density at radius 3 is 1.75 bits per heavy atom. The first-order valence-electron chi connectivity index (χ1n) is 7.38. The highest BCUT2D eigenvalue weighted by molar-refractivity contribution is 5.44. The standard InChI is InChI=1S/C19H19F3O2/c1-4-13-24-17-11-7-15(8-12-17)18(2,19(20,21)22)14-5-9-16(23-3)10-6-14/h4-12H,1,13H2,2-3H3. The Hall–Kier alpha value is -2.43. The summed E-state index contributed by atoms with van der Waals surface area (Å²) < 4.78 is 52.0. The Bertz CT molecular complexity index is 675. The Kier molecular flexibility index (Phi) is 5.22. The van der Waals surface area contributed by atoms with Gasteiger partial charge in [-0.05, 0) is 42.3 Å². The molecule has 2 aromatic carbocycles. The molecular weight excluding hydrogens is 317 g/mol. The summed E-state index contributed by atoms with van der Waals surface area (Å²) in [6.45, 7) is 5.01. The molecule has 0 fully saturated rings. The van der Waals surface area contributed by atoms with Gasteiger partial charge < -0.3 is 9.47 Å². The molecule has 0 bridgehead atoms. The van der Waals surface area contributed by atoms with Crippen molar-refractivity contribution in [3.63, 3.8) is 0 Å². The summed E-state index contributed by atoms with van der Waals surface area (Å²) in [7, 11) is 1.47. The second-order valence-corrected chi connectivity index (χ2v) is 5.48. The molecule has 24 heavy (non-hydrogen) atoms. The molecule has 2 rings (SSSR count). The lowest BCUT2D eigenvalue weighted by atomic mass is 9.75. The van der Waals surface area contributed by atoms with Gasteiger partial charge in [-0.25, -0.2) is 0 Å². The van der Waals surface area contributed by atoms with Gasteiger partial charge in [0, 0.05) is 0 Å². The van der Waals surface area contributed by atoms with Crippen molar-refractivity contribution in [1.29, 1.82) is 0 Å². The third-order valence-corrected chi connectivity index (χ3v) is 4.03. The van der Waals surface area contributed by atoms with Crippen LogP contribution < -0.4 is 9.47 Å². The van der Waals surface area contributed by atoms with Gasteiger partial charge in [-0.2, -0.15) is 13.2 Å². The van der Waals surface area contributed by atoms with E-state index < -0.39 is 11.6 Å². The number of benzene rings is 2. The average molecular weight is 336 g/mol. The molecule has 0 heterocycles. The van der Waals surface area contributed by atoms with Crippen molar-refractivity contribution in [2.75, 3.05) is 13.7 Å². The van der Waals surface area contributed by atoms with Gasteiger partial charge in [0.15, 0.2) is 0 Å². The van der Waals surface area contributed by atoms with E-state index in [2.05, 4.69) is 6.58 Å². The highest BCUT2D eigenvalue weighted by atomic mass is 19.4. The second kappa shape index (κ2) is 6.99. The van der Waals surface area contributed by atoms with Crippen molar-refractivity contribution >= 4 is 0 Å². The number of rotatable bonds is 6. The van der Waals surface area contributed by atoms with Gasteiger partial charge in [-0.1, -0.05) is 36.9 Å². The van der Waals surface area contributed by atoms with Gasteiger partial charge >= 0.3 is 6.18 Å². The molecule has 0 spiro atoms. The first kappa shape index (κ1) is 17.9. The zero-order chi connectivity index (χ0) is 17.8. The highest BCUT2D eigenvalue weighted by Gasteiger charge is 2.53. The monoisotopic (exact) mass is 336 g/mol. The number of halogens is 3. The summed E-state index contributed by atoms with van der Waals surface area (Å²) in [4.78, 5) is 0. The first-order valence-corrected chi connectivity index (χ1v) is 7.38. The zero-order valence-corrected chi connectivity index (χ0v) is 13.6. The van der Waals surface area contributed by atoms with Crippen LogP contribution in [-0.4, -0.2) is 19.9 Å². The zero-order valence-electron chi connectivity index (χ0n) is 13.6. The summed E-state index contributed by atoms with van der Waals surface area (Å²) in [5.41, 5.74) is -1.84. The third-order valence-electron chi connectivity index (χ3n) is 4.03. The predicted octanol–water partition coefficient (Wildman–Crippen LogP) is 5.13. The topological polar surface area (TPSA) is 18.5 Å². The largest absolute Gasteiger partial charge is 0.497 e. The van der Waals surface area contributed by atoms with E-state index in [1.165, 1.54) is 62.6 Å². The van der Waals surface area contributed by atoms with Gasteiger partial charge in [0.25, 0.3) is 0 Å². The van der Waals surface area contributed by atoms with E-state index in [1.807, 2.05) is 0 Å². The molecule has 5 heteroatoms. The van der Waals surface area contributed by atoms with Gasteiger partial charge in [0.1, 0.15) is 23.5 Å². The van der Waals surface area contributed by atoms with Crippen LogP contribution in [0.15, 0.2) is 61.2 Å². The molecule has 0 saturated carbocycles. The fourth-order valence-corrected chi connectivity index (χ4v) is 2.46. The molecule has 1 unspecified atom stereocenters. The summed E-state index contributed by atoms with van der Waals surface area (Å²) >= 11 is 0. The van der Waals surface area contributed by atoms with Gasteiger partial charge in [-0.3, -0.25) is 0 Å². The van der Waals surface area contributed by atoms with Crippen LogP contribution in [0.25, 0.3) is 0 Å². The maximum atomic E-state index is 13.9. The van der Waals surface area contributed by atoms with E-state index in [0.29, 0.717) is 18.1 Å². The molecule has 0 saturated heterocycles. The van der Waals surface area contributed by atoms with Crippen molar-refractivity contribution in [2.24, 2.45) is 0 Å². The lowest BCUT2D eigenvalue weighted by Crippen LogP contribution is -2.40. The Morgan fingerprint density at radius 1 is 0.917 bits per heavy atom. The van der Waals surface area contributed by atoms with Crippen LogP contribution >= 0.6 is 0 Å². The van der Waals surface area contributed by atoms with Crippen LogP contribution in [0.1, 0.15) is 18.1 Å². The Morgan fingerprint density at radius 2 is 1.38 bits per heavy atom. The fourth-order valence-electron chi connectivity index (χ4n) is 2.46. The molecule has 0 N–H and O–H groups in total. The van der Waals surface area contributed by atoms with Gasteiger partial charge in [0.05, 0.1) is 7.11 Å². The van der Waals surface area contributed by atoms with Crippen molar-refractivity contribution in [3.05, 3.63) is 72.3 Å². The van der Waals surface area contributed by atoms with Crippen LogP contribution in [-0.2, 0) is 5.41 Å². The number of hydrogen-bond donors (Lipinski definition) is 0. The minimum atomic E-state index is -4.45. The maximum absolute atomic E-state index is 13.9. The van der Waals surface area contributed by atoms with Crippen molar-refractivity contribution in [1.82, 2.24) is 0 Å². The summed E-state index contributed by atoms with van der Waals surface area (Å²) in [6, 6.07) is 11.9. The number of hydrogen-bond acceptors (Lipinski definition) is 2. The minimum absolute atomic E-state index is 0.145. The highest BCUT2D eigenvalue weighted by Crippen LogP contribution is 2.46. The molecule has 2 aromatic rings. The average Bonchev–Trinajstić information content (AvgIpc) is 2.59. The van der Waals surface area contributed by atoms with E-state index in [4.69, 9.17) is 9.47 Å². The molecule has 0 aliphatic carbocycles. The minimum Gasteiger partial charge on any atom is -0.497 e. The fraction of sp³-hybridized carbons (Fsp3) is 0.263. The van der Waals surface area contributed by atoms with Crippen LogP contribution in [0.4, 0.5) is 13.2 Å². The van der Waals surface area contributed by atoms with Crippen LogP contribution in [0, 0.1) is 0 Å². The molecule has 2 nitrogen and oxygen atoms in total. The van der Waals surface area contributed by atoms with E-state index in [-0.39, 0.29) is 11.1 Å². The van der Waals surface area contributed by atoms with E-state index in [0.717, 1.165) is 0 Å². The lowest BCUT2D eigenvalue weighted by Gasteiger charge is -2.33. The van der Waals surface area contributed by atoms with Gasteiger partial charge in [-0.15, -0.1) is 0 Å². The van der Waals surface area contributed by atoms with Crippen LogP contribution in [0.5, 0.6) is 11.5 Å². The summed E-state index contributed by atoms with van der Waals surface area (Å²) in [5.74, 6) is 1.01. The van der Waals surface area contributed by atoms with Crippen LogP contribution in [0.2, 0.25) is 0 Å². The molecule has 128 valence electrons. The van der Waals surface area contributed by atoms with Crippen molar-refractivity contribution in [2.45, 2.75) is 18.5 Å². The van der Waals surface area contributed by atoms with Crippen molar-refractivity contribution in [3.8, 4) is 11.5 Å². The normalized spacial score (nSPS) is 13.9. The molecular formula is C19H19F3O2. The smallest absolute Gasteiger partial charge is 0.402 e. The van der Waals surface area contributed by atoms with Crippen LogP contribution in [0.3, 0.4) is 0 Å². The Balaban J connectivity index is 2.45. The SMILES string of the molecule is C=CCOc1ccc(C(C)(c2ccc(OC)cc2)C(F)(F)F)cc1. The molecule has 0 aliphatic rings. The molecule has 1 atom stereocenters. The van der Waals surface area contributed by atoms with E-state index in [1.54, 1.807) is 6.08 Å². The van der Waals surface area contributed by atoms with E-state index >= 15 is 0 Å². The van der Waals surface area contributed by atoms with E-state index in [9.17, 15) is 13.2 Å². The molecule has 0 aromatic heterocycles. The first-order chi connectivity index (χ1) is 11.3.